The smallest absolute Gasteiger partial charge is 0.287 e. The van der Waals surface area contributed by atoms with Gasteiger partial charge in [-0.3, -0.25) is 10.1 Å². The van der Waals surface area contributed by atoms with Gasteiger partial charge in [0.2, 0.25) is 0 Å². The number of hydrogen-bond donors (Lipinski definition) is 1. The van der Waals surface area contributed by atoms with Crippen LogP contribution in [0, 0.1) is 16.0 Å². The molecule has 1 fully saturated rings. The van der Waals surface area contributed by atoms with Gasteiger partial charge in [-0.25, -0.2) is 4.98 Å². The second-order valence-electron chi connectivity index (χ2n) is 6.40. The molecule has 1 aromatic heterocycles. The number of ether oxygens (including phenoxy) is 1. The average Bonchev–Trinajstić information content (AvgIpc) is 2.68. The van der Waals surface area contributed by atoms with Crippen molar-refractivity contribution in [3.63, 3.8) is 0 Å². The number of rotatable bonds is 6. The second-order valence-corrected chi connectivity index (χ2v) is 6.40. The Morgan fingerprint density at radius 1 is 1.27 bits per heavy atom. The van der Waals surface area contributed by atoms with Gasteiger partial charge in [-0.1, -0.05) is 12.1 Å². The first kappa shape index (κ1) is 18.1. The quantitative estimate of drug-likeness (QED) is 0.630. The van der Waals surface area contributed by atoms with E-state index in [2.05, 4.69) is 9.88 Å². The van der Waals surface area contributed by atoms with Crippen LogP contribution in [0.15, 0.2) is 42.6 Å². The van der Waals surface area contributed by atoms with Crippen molar-refractivity contribution in [1.82, 2.24) is 4.98 Å². The first-order valence-electron chi connectivity index (χ1n) is 8.84. The fourth-order valence-corrected chi connectivity index (χ4v) is 3.32. The molecule has 0 aliphatic carbocycles. The van der Waals surface area contributed by atoms with Crippen molar-refractivity contribution in [1.29, 1.82) is 0 Å². The van der Waals surface area contributed by atoms with Crippen LogP contribution in [0.1, 0.15) is 31.4 Å². The molecular weight excluding hydrogens is 334 g/mol. The summed E-state index contributed by atoms with van der Waals surface area (Å²) in [6.07, 6.45) is 2.47. The van der Waals surface area contributed by atoms with Crippen molar-refractivity contribution in [3.8, 4) is 5.75 Å². The lowest BCUT2D eigenvalue weighted by atomic mass is 9.87. The Labute approximate surface area is 152 Å². The van der Waals surface area contributed by atoms with E-state index in [1.54, 1.807) is 6.07 Å². The van der Waals surface area contributed by atoms with Crippen molar-refractivity contribution in [2.24, 2.45) is 5.92 Å². The van der Waals surface area contributed by atoms with E-state index in [9.17, 15) is 15.2 Å². The molecule has 3 rings (SSSR count). The van der Waals surface area contributed by atoms with Gasteiger partial charge in [0.25, 0.3) is 5.69 Å². The van der Waals surface area contributed by atoms with E-state index in [0.717, 1.165) is 43.1 Å². The molecule has 7 nitrogen and oxygen atoms in total. The van der Waals surface area contributed by atoms with Gasteiger partial charge in [0, 0.05) is 19.2 Å². The van der Waals surface area contributed by atoms with Crippen LogP contribution in [0.5, 0.6) is 5.75 Å². The Morgan fingerprint density at radius 2 is 1.96 bits per heavy atom. The minimum atomic E-state index is -0.502. The molecule has 0 saturated carbocycles. The molecule has 1 saturated heterocycles. The molecule has 1 aliphatic rings. The molecule has 0 spiro atoms. The van der Waals surface area contributed by atoms with Crippen LogP contribution < -0.4 is 9.64 Å². The summed E-state index contributed by atoms with van der Waals surface area (Å²) in [5, 5.41) is 21.4. The number of aliphatic hydroxyl groups excluding tert-OH is 1. The molecule has 1 atom stereocenters. The third-order valence-electron chi connectivity index (χ3n) is 4.79. The van der Waals surface area contributed by atoms with Crippen LogP contribution in [-0.4, -0.2) is 34.7 Å². The molecular formula is C19H23N3O4. The third-order valence-corrected chi connectivity index (χ3v) is 4.79. The molecule has 26 heavy (non-hydrogen) atoms. The normalized spacial score (nSPS) is 16.3. The number of piperidine rings is 1. The lowest BCUT2D eigenvalue weighted by molar-refractivity contribution is -0.385. The van der Waals surface area contributed by atoms with Crippen LogP contribution in [0.4, 0.5) is 11.5 Å². The predicted molar refractivity (Wildman–Crippen MR) is 98.4 cm³/mol. The molecule has 0 unspecified atom stereocenters. The Bertz CT molecular complexity index is 725. The van der Waals surface area contributed by atoms with Gasteiger partial charge >= 0.3 is 0 Å². The number of aliphatic hydroxyl groups is 1. The maximum absolute atomic E-state index is 10.7. The van der Waals surface area contributed by atoms with Crippen molar-refractivity contribution >= 4 is 11.5 Å². The number of hydrogen-bond acceptors (Lipinski definition) is 6. The van der Waals surface area contributed by atoms with Crippen molar-refractivity contribution in [3.05, 3.63) is 58.3 Å². The van der Waals surface area contributed by atoms with E-state index in [0.29, 0.717) is 6.61 Å². The standard InChI is InChI=1S/C19H23N3O4/c1-2-26-17-6-3-14(4-7-17)19(23)15-9-11-21(12-10-15)18-8-5-16(13-20-18)22(24)25/h3-8,13,15,19,23H,2,9-12H2,1H3/t19-/m0/s1. The Kier molecular flexibility index (Phi) is 5.68. The largest absolute Gasteiger partial charge is 0.494 e. The molecule has 1 aromatic carbocycles. The summed E-state index contributed by atoms with van der Waals surface area (Å²) < 4.78 is 5.43. The molecule has 7 heteroatoms. The fourth-order valence-electron chi connectivity index (χ4n) is 3.32. The van der Waals surface area contributed by atoms with E-state index >= 15 is 0 Å². The third kappa shape index (κ3) is 4.11. The molecule has 138 valence electrons. The van der Waals surface area contributed by atoms with Gasteiger partial charge in [0.15, 0.2) is 0 Å². The number of pyridine rings is 1. The minimum Gasteiger partial charge on any atom is -0.494 e. The Balaban J connectivity index is 1.58. The lowest BCUT2D eigenvalue weighted by Crippen LogP contribution is -2.36. The highest BCUT2D eigenvalue weighted by Crippen LogP contribution is 2.32. The molecule has 0 bridgehead atoms. The van der Waals surface area contributed by atoms with Crippen LogP contribution in [0.25, 0.3) is 0 Å². The van der Waals surface area contributed by atoms with Crippen molar-refractivity contribution in [2.75, 3.05) is 24.6 Å². The summed E-state index contributed by atoms with van der Waals surface area (Å²) in [5.41, 5.74) is 0.898. The highest BCUT2D eigenvalue weighted by atomic mass is 16.6. The topological polar surface area (TPSA) is 88.7 Å². The molecule has 0 amide bonds. The minimum absolute atomic E-state index is 0.00504. The maximum atomic E-state index is 10.7. The predicted octanol–water partition coefficient (Wildman–Crippen LogP) is 3.34. The number of benzene rings is 1. The van der Waals surface area contributed by atoms with E-state index < -0.39 is 11.0 Å². The van der Waals surface area contributed by atoms with Gasteiger partial charge in [-0.05, 0) is 49.4 Å². The summed E-state index contributed by atoms with van der Waals surface area (Å²) in [6.45, 7) is 4.10. The first-order chi connectivity index (χ1) is 12.6. The Morgan fingerprint density at radius 3 is 2.50 bits per heavy atom. The first-order valence-corrected chi connectivity index (χ1v) is 8.84. The molecule has 2 aromatic rings. The highest BCUT2D eigenvalue weighted by molar-refractivity contribution is 5.43. The van der Waals surface area contributed by atoms with Crippen molar-refractivity contribution in [2.45, 2.75) is 25.9 Å². The zero-order valence-corrected chi connectivity index (χ0v) is 14.7. The zero-order chi connectivity index (χ0) is 18.5. The molecule has 1 aliphatic heterocycles. The number of aromatic nitrogens is 1. The highest BCUT2D eigenvalue weighted by Gasteiger charge is 2.27. The SMILES string of the molecule is CCOc1ccc([C@H](O)C2CCN(c3ccc([N+](=O)[O-])cn3)CC2)cc1. The van der Waals surface area contributed by atoms with E-state index in [-0.39, 0.29) is 11.6 Å². The lowest BCUT2D eigenvalue weighted by Gasteiger charge is -2.35. The van der Waals surface area contributed by atoms with Gasteiger partial charge in [0.1, 0.15) is 17.8 Å². The molecule has 1 N–H and O–H groups in total. The van der Waals surface area contributed by atoms with Crippen molar-refractivity contribution < 1.29 is 14.8 Å². The van der Waals surface area contributed by atoms with E-state index in [1.165, 1.54) is 12.3 Å². The van der Waals surface area contributed by atoms with E-state index in [4.69, 9.17) is 4.74 Å². The van der Waals surface area contributed by atoms with Gasteiger partial charge in [-0.15, -0.1) is 0 Å². The Hall–Kier alpha value is -2.67. The van der Waals surface area contributed by atoms with Gasteiger partial charge < -0.3 is 14.7 Å². The van der Waals surface area contributed by atoms with Crippen LogP contribution in [0.3, 0.4) is 0 Å². The van der Waals surface area contributed by atoms with Gasteiger partial charge in [-0.2, -0.15) is 0 Å². The fraction of sp³-hybridized carbons (Fsp3) is 0.421. The monoisotopic (exact) mass is 357 g/mol. The van der Waals surface area contributed by atoms with Crippen LogP contribution in [0.2, 0.25) is 0 Å². The summed E-state index contributed by atoms with van der Waals surface area (Å²) in [6, 6.07) is 10.8. The summed E-state index contributed by atoms with van der Waals surface area (Å²) >= 11 is 0. The molecule has 2 heterocycles. The average molecular weight is 357 g/mol. The maximum Gasteiger partial charge on any atom is 0.287 e. The van der Waals surface area contributed by atoms with Gasteiger partial charge in [0.05, 0.1) is 17.6 Å². The van der Waals surface area contributed by atoms with Crippen LogP contribution >= 0.6 is 0 Å². The number of anilines is 1. The number of nitrogens with zero attached hydrogens (tertiary/aromatic N) is 3. The molecule has 0 radical (unpaired) electrons. The summed E-state index contributed by atoms with van der Waals surface area (Å²) in [5.74, 6) is 1.73. The summed E-state index contributed by atoms with van der Waals surface area (Å²) in [4.78, 5) is 16.6. The number of nitro groups is 1. The van der Waals surface area contributed by atoms with Crippen LogP contribution in [-0.2, 0) is 0 Å². The summed E-state index contributed by atoms with van der Waals surface area (Å²) in [7, 11) is 0. The van der Waals surface area contributed by atoms with E-state index in [1.807, 2.05) is 31.2 Å². The zero-order valence-electron chi connectivity index (χ0n) is 14.7. The second kappa shape index (κ2) is 8.14.